The van der Waals surface area contributed by atoms with E-state index < -0.39 is 43.1 Å². The van der Waals surface area contributed by atoms with Crippen LogP contribution in [0.5, 0.6) is 0 Å². The van der Waals surface area contributed by atoms with E-state index >= 15 is 0 Å². The summed E-state index contributed by atoms with van der Waals surface area (Å²) in [5.74, 6) is 4.05. The van der Waals surface area contributed by atoms with E-state index in [4.69, 9.17) is 15.6 Å². The predicted molar refractivity (Wildman–Crippen MR) is 226 cm³/mol. The number of rotatable bonds is 23. The summed E-state index contributed by atoms with van der Waals surface area (Å²) < 4.78 is 26.2. The Labute approximate surface area is 344 Å². The number of hydrogen-bond acceptors (Lipinski definition) is 7. The fraction of sp³-hybridized carbons (Fsp3) is 0.939. The average Bonchev–Trinajstić information content (AvgIpc) is 3.55. The van der Waals surface area contributed by atoms with Gasteiger partial charge in [-0.2, -0.15) is 0 Å². The quantitative estimate of drug-likeness (QED) is 0.0538. The molecule has 0 aromatic carbocycles. The smallest absolute Gasteiger partial charge is 0.305 e. The molecule has 0 aromatic rings. The summed E-state index contributed by atoms with van der Waals surface area (Å²) in [6.45, 7) is 14.3. The van der Waals surface area contributed by atoms with Crippen LogP contribution in [0.15, 0.2) is 11.6 Å². The van der Waals surface area contributed by atoms with E-state index in [2.05, 4.69) is 47.6 Å². The lowest BCUT2D eigenvalue weighted by molar-refractivity contribution is -0.313. The van der Waals surface area contributed by atoms with Gasteiger partial charge in [0.1, 0.15) is 31.0 Å². The zero-order valence-electron chi connectivity index (χ0n) is 37.7. The van der Waals surface area contributed by atoms with Crippen LogP contribution in [0.25, 0.3) is 0 Å². The summed E-state index contributed by atoms with van der Waals surface area (Å²) in [7, 11) is 0. The van der Waals surface area contributed by atoms with Crippen molar-refractivity contribution in [3.05, 3.63) is 11.6 Å². The zero-order chi connectivity index (χ0) is 41.2. The minimum atomic E-state index is -1.49. The number of aliphatic hydroxyl groups is 3. The summed E-state index contributed by atoms with van der Waals surface area (Å²) in [6.07, 6.45) is 23.3. The largest absolute Gasteiger partial charge is 0.463 e. The van der Waals surface area contributed by atoms with Crippen LogP contribution in [0.3, 0.4) is 0 Å². The fourth-order valence-electron chi connectivity index (χ4n) is 12.6. The third-order valence-electron chi connectivity index (χ3n) is 16.0. The summed E-state index contributed by atoms with van der Waals surface area (Å²) in [5, 5.41) is 32.5. The maximum Gasteiger partial charge on any atom is 0.305 e. The van der Waals surface area contributed by atoms with Crippen molar-refractivity contribution in [3.8, 4) is 0 Å². The molecule has 0 bridgehead atoms. The molecule has 4 aliphatic carbocycles. The molecular weight excluding hydrogens is 701 g/mol. The molecule has 4 fully saturated rings. The Bertz CT molecular complexity index is 1240. The number of unbranched alkanes of at least 4 members (excludes halogenated alkanes) is 11. The first kappa shape index (κ1) is 44.6. The van der Waals surface area contributed by atoms with Crippen LogP contribution in [0, 0.1) is 46.3 Å². The second kappa shape index (κ2) is 22.0. The fourth-order valence-corrected chi connectivity index (χ4v) is 12.6. The number of hydrogen-bond donors (Lipinski definition) is 3. The van der Waals surface area contributed by atoms with Crippen molar-refractivity contribution in [2.24, 2.45) is 46.3 Å². The molecule has 324 valence electrons. The first-order valence-electron chi connectivity index (χ1n) is 24.5. The Kier molecular flexibility index (Phi) is 17.5. The van der Waals surface area contributed by atoms with Gasteiger partial charge in [0.05, 0.1) is 6.10 Å². The second-order valence-electron chi connectivity index (χ2n) is 20.3. The van der Waals surface area contributed by atoms with Crippen molar-refractivity contribution in [3.63, 3.8) is 0 Å². The number of carbonyl (C=O) groups is 1. The molecule has 7 nitrogen and oxygen atoms in total. The van der Waals surface area contributed by atoms with E-state index in [1.165, 1.54) is 108 Å². The van der Waals surface area contributed by atoms with E-state index in [0.717, 1.165) is 74.5 Å². The van der Waals surface area contributed by atoms with Gasteiger partial charge in [-0.1, -0.05) is 150 Å². The Morgan fingerprint density at radius 1 is 0.821 bits per heavy atom. The molecule has 5 rings (SSSR count). The molecular formula is C49H86O7. The highest BCUT2D eigenvalue weighted by atomic mass is 16.7. The van der Waals surface area contributed by atoms with Crippen LogP contribution in [0.2, 0.25) is 0 Å². The lowest BCUT2D eigenvalue weighted by Gasteiger charge is -2.58. The molecule has 1 aliphatic heterocycles. The van der Waals surface area contributed by atoms with Crippen LogP contribution in [0.4, 0.5) is 0 Å². The predicted octanol–water partition coefficient (Wildman–Crippen LogP) is 11.2. The van der Waals surface area contributed by atoms with Crippen LogP contribution in [-0.4, -0.2) is 64.7 Å². The van der Waals surface area contributed by atoms with Crippen molar-refractivity contribution < 1.29 is 35.7 Å². The van der Waals surface area contributed by atoms with Gasteiger partial charge < -0.3 is 29.5 Å². The molecule has 1 heterocycles. The number of aliphatic hydroxyl groups excluding tert-OH is 3. The standard InChI is InChI=1S/C49H86O7/c1-7-8-9-10-11-12-13-14-15-16-17-18-19-23-43(50)54-33-42-44(51)45(52)46(53)47(56-42)55-37-28-30-48(5)36(32-37)24-25-38-40-27-26-39(35(4)22-20-21-34(2)3)49(40,6)31-29-41(38)48/h24,34-35,37-42,44-47,51-53H,7-23,25-33H2,1-6H3/t35-,37+,38+,39-,40+,41+,42-,44-,45+,46-,47?,48+,49-/m1/s1/i23D/t23?,35-,37+,38+,39-,40+,41+,42-,44-,45+,46-,47?,48+,49-. The van der Waals surface area contributed by atoms with Crippen LogP contribution in [-0.2, 0) is 19.0 Å². The molecule has 0 spiro atoms. The van der Waals surface area contributed by atoms with Gasteiger partial charge in [0.25, 0.3) is 0 Å². The first-order valence-corrected chi connectivity index (χ1v) is 23.9. The molecule has 2 unspecified atom stereocenters. The minimum Gasteiger partial charge on any atom is -0.463 e. The molecule has 7 heteroatoms. The lowest BCUT2D eigenvalue weighted by atomic mass is 9.47. The van der Waals surface area contributed by atoms with E-state index in [1.54, 1.807) is 0 Å². The minimum absolute atomic E-state index is 0.156. The number of ether oxygens (including phenoxy) is 3. The molecule has 3 N–H and O–H groups in total. The molecule has 56 heavy (non-hydrogen) atoms. The molecule has 0 radical (unpaired) electrons. The molecule has 0 aromatic heterocycles. The summed E-state index contributed by atoms with van der Waals surface area (Å²) in [6, 6.07) is 0. The highest BCUT2D eigenvalue weighted by molar-refractivity contribution is 5.69. The normalized spacial score (nSPS) is 38.2. The molecule has 0 amide bonds. The highest BCUT2D eigenvalue weighted by Gasteiger charge is 2.59. The number of fused-ring (bicyclic) bond motifs is 5. The Balaban J connectivity index is 1.05. The summed E-state index contributed by atoms with van der Waals surface area (Å²) in [4.78, 5) is 12.7. The van der Waals surface area contributed by atoms with Gasteiger partial charge in [0.15, 0.2) is 6.29 Å². The lowest BCUT2D eigenvalue weighted by Crippen LogP contribution is -2.60. The molecule has 5 aliphatic rings. The number of carbonyl (C=O) groups excluding carboxylic acids is 1. The van der Waals surface area contributed by atoms with Crippen molar-refractivity contribution >= 4 is 5.97 Å². The SMILES string of the molecule is [2H]C(CCCCCCCCCCCCCC)C(=O)OC[C@H]1OC(O[C@H]2CC[C@@]3(C)C(=CC[C@H]4[C@@H]5CC[C@H]([C@H](C)CCCC(C)C)[C@@]5(C)CC[C@@H]43)C2)[C@H](O)[C@@H](O)[C@@H]1O. The maximum absolute atomic E-state index is 12.7. The first-order chi connectivity index (χ1) is 27.3. The van der Waals surface area contributed by atoms with Crippen LogP contribution < -0.4 is 0 Å². The van der Waals surface area contributed by atoms with Gasteiger partial charge in [-0.25, -0.2) is 0 Å². The maximum atomic E-state index is 12.7. The van der Waals surface area contributed by atoms with Crippen molar-refractivity contribution in [1.82, 2.24) is 0 Å². The average molecular weight is 788 g/mol. The van der Waals surface area contributed by atoms with E-state index in [-0.39, 0.29) is 18.1 Å². The van der Waals surface area contributed by atoms with Crippen molar-refractivity contribution in [1.29, 1.82) is 0 Å². The van der Waals surface area contributed by atoms with E-state index in [0.29, 0.717) is 17.8 Å². The van der Waals surface area contributed by atoms with Crippen molar-refractivity contribution in [2.75, 3.05) is 6.61 Å². The van der Waals surface area contributed by atoms with Gasteiger partial charge in [-0.15, -0.1) is 0 Å². The van der Waals surface area contributed by atoms with Gasteiger partial charge in [0, 0.05) is 7.77 Å². The van der Waals surface area contributed by atoms with E-state index in [1.807, 2.05) is 0 Å². The van der Waals surface area contributed by atoms with Gasteiger partial charge >= 0.3 is 5.97 Å². The Hall–Kier alpha value is -0.990. The van der Waals surface area contributed by atoms with Crippen LogP contribution >= 0.6 is 0 Å². The molecule has 1 saturated heterocycles. The molecule has 3 saturated carbocycles. The van der Waals surface area contributed by atoms with Gasteiger partial charge in [0.2, 0.25) is 0 Å². The zero-order valence-corrected chi connectivity index (χ0v) is 36.7. The summed E-state index contributed by atoms with van der Waals surface area (Å²) >= 11 is 0. The number of esters is 1. The highest BCUT2D eigenvalue weighted by Crippen LogP contribution is 2.67. The van der Waals surface area contributed by atoms with Gasteiger partial charge in [-0.05, 0) is 104 Å². The van der Waals surface area contributed by atoms with E-state index in [9.17, 15) is 20.1 Å². The third-order valence-corrected chi connectivity index (χ3v) is 16.0. The monoisotopic (exact) mass is 788 g/mol. The second-order valence-corrected chi connectivity index (χ2v) is 20.3. The van der Waals surface area contributed by atoms with Crippen LogP contribution in [0.1, 0.15) is 203 Å². The van der Waals surface area contributed by atoms with Gasteiger partial charge in [-0.3, -0.25) is 4.79 Å². The number of allylic oxidation sites excluding steroid dienone is 1. The Morgan fingerprint density at radius 2 is 1.48 bits per heavy atom. The Morgan fingerprint density at radius 3 is 2.14 bits per heavy atom. The molecule has 14 atom stereocenters. The summed E-state index contributed by atoms with van der Waals surface area (Å²) in [5.41, 5.74) is 2.09. The topological polar surface area (TPSA) is 105 Å². The third kappa shape index (κ3) is 11.6. The van der Waals surface area contributed by atoms with Crippen molar-refractivity contribution in [2.45, 2.75) is 239 Å².